The van der Waals surface area contributed by atoms with Gasteiger partial charge in [0.05, 0.1) is 12.3 Å². The molecular formula is C15H28N4O. The first-order valence-electron chi connectivity index (χ1n) is 7.73. The Balaban J connectivity index is 2.10. The monoisotopic (exact) mass is 280 g/mol. The zero-order valence-electron chi connectivity index (χ0n) is 13.1. The number of methoxy groups -OCH3 is 1. The maximum absolute atomic E-state index is 5.21. The Labute approximate surface area is 122 Å². The van der Waals surface area contributed by atoms with Crippen LogP contribution in [0.4, 0.5) is 5.95 Å². The third-order valence-corrected chi connectivity index (χ3v) is 4.00. The smallest absolute Gasteiger partial charge is 0.205 e. The van der Waals surface area contributed by atoms with Gasteiger partial charge in [-0.2, -0.15) is 0 Å². The molecule has 1 aromatic heterocycles. The molecular weight excluding hydrogens is 252 g/mol. The first kappa shape index (κ1) is 15.3. The molecule has 0 spiro atoms. The van der Waals surface area contributed by atoms with E-state index < -0.39 is 0 Å². The minimum absolute atomic E-state index is 0.728. The summed E-state index contributed by atoms with van der Waals surface area (Å²) >= 11 is 0. The number of piperidine rings is 1. The fourth-order valence-electron chi connectivity index (χ4n) is 2.94. The number of rotatable bonds is 7. The lowest BCUT2D eigenvalue weighted by molar-refractivity contribution is 0.187. The van der Waals surface area contributed by atoms with Crippen LogP contribution in [0.25, 0.3) is 0 Å². The molecule has 1 N–H and O–H groups in total. The summed E-state index contributed by atoms with van der Waals surface area (Å²) in [5.74, 6) is 1.85. The molecule has 0 aliphatic carbocycles. The number of hydrogen-bond donors (Lipinski definition) is 1. The quantitative estimate of drug-likeness (QED) is 0.822. The Hall–Kier alpha value is -1.07. The summed E-state index contributed by atoms with van der Waals surface area (Å²) in [6.45, 7) is 7.09. The summed E-state index contributed by atoms with van der Waals surface area (Å²) in [6.07, 6.45) is 5.73. The molecule has 1 aliphatic heterocycles. The van der Waals surface area contributed by atoms with Crippen molar-refractivity contribution in [3.05, 3.63) is 11.9 Å². The second-order valence-corrected chi connectivity index (χ2v) is 5.58. The van der Waals surface area contributed by atoms with Gasteiger partial charge in [0.25, 0.3) is 0 Å². The summed E-state index contributed by atoms with van der Waals surface area (Å²) in [5.41, 5.74) is 1.17. The highest BCUT2D eigenvalue weighted by molar-refractivity contribution is 5.34. The van der Waals surface area contributed by atoms with E-state index in [0.717, 1.165) is 51.1 Å². The fraction of sp³-hybridized carbons (Fsp3) is 0.800. The van der Waals surface area contributed by atoms with Gasteiger partial charge in [-0.3, -0.25) is 0 Å². The maximum atomic E-state index is 5.21. The number of nitrogens with zero attached hydrogens (tertiary/aromatic N) is 3. The number of aromatic nitrogens is 2. The van der Waals surface area contributed by atoms with E-state index in [2.05, 4.69) is 27.9 Å². The highest BCUT2D eigenvalue weighted by Gasteiger charge is 2.23. The van der Waals surface area contributed by atoms with Gasteiger partial charge in [-0.15, -0.1) is 0 Å². The van der Waals surface area contributed by atoms with Crippen molar-refractivity contribution in [1.82, 2.24) is 14.9 Å². The van der Waals surface area contributed by atoms with Crippen LogP contribution in [-0.4, -0.2) is 49.9 Å². The highest BCUT2D eigenvalue weighted by Crippen LogP contribution is 2.23. The van der Waals surface area contributed by atoms with E-state index in [-0.39, 0.29) is 0 Å². The Bertz CT molecular complexity index is 403. The van der Waals surface area contributed by atoms with Gasteiger partial charge in [0, 0.05) is 32.9 Å². The molecule has 1 fully saturated rings. The molecule has 0 bridgehead atoms. The average molecular weight is 280 g/mol. The number of hydrogen-bond acceptors (Lipinski definition) is 4. The van der Waals surface area contributed by atoms with Gasteiger partial charge >= 0.3 is 0 Å². The molecule has 2 rings (SSSR count). The molecule has 0 amide bonds. The van der Waals surface area contributed by atoms with Crippen molar-refractivity contribution in [1.29, 1.82) is 0 Å². The van der Waals surface area contributed by atoms with Crippen molar-refractivity contribution in [3.8, 4) is 0 Å². The summed E-state index contributed by atoms with van der Waals surface area (Å²) in [7, 11) is 3.79. The Morgan fingerprint density at radius 2 is 2.35 bits per heavy atom. The van der Waals surface area contributed by atoms with Crippen molar-refractivity contribution in [3.63, 3.8) is 0 Å². The van der Waals surface area contributed by atoms with E-state index in [9.17, 15) is 0 Å². The van der Waals surface area contributed by atoms with Crippen LogP contribution in [0.3, 0.4) is 0 Å². The maximum Gasteiger partial charge on any atom is 0.205 e. The van der Waals surface area contributed by atoms with Crippen LogP contribution in [0.1, 0.15) is 25.5 Å². The topological polar surface area (TPSA) is 42.3 Å². The molecule has 0 saturated carbocycles. The van der Waals surface area contributed by atoms with Crippen LogP contribution < -0.4 is 10.2 Å². The van der Waals surface area contributed by atoms with Crippen LogP contribution in [0.5, 0.6) is 0 Å². The Kier molecular flexibility index (Phi) is 5.86. The van der Waals surface area contributed by atoms with Crippen LogP contribution >= 0.6 is 0 Å². The van der Waals surface area contributed by atoms with Crippen molar-refractivity contribution in [2.24, 2.45) is 5.92 Å². The zero-order valence-corrected chi connectivity index (χ0v) is 13.1. The summed E-state index contributed by atoms with van der Waals surface area (Å²) in [6, 6.07) is 0. The van der Waals surface area contributed by atoms with Crippen molar-refractivity contribution in [2.45, 2.75) is 32.7 Å². The van der Waals surface area contributed by atoms with Gasteiger partial charge < -0.3 is 19.5 Å². The standard InChI is InChI=1S/C15H28N4O/c1-4-14-12-19(8-9-20-3)15(17-14)18-7-5-6-13(11-18)10-16-2/h12-13,16H,4-11H2,1-3H3. The lowest BCUT2D eigenvalue weighted by atomic mass is 9.98. The van der Waals surface area contributed by atoms with Crippen molar-refractivity contribution >= 4 is 5.95 Å². The van der Waals surface area contributed by atoms with Crippen LogP contribution in [0, 0.1) is 5.92 Å². The SMILES string of the molecule is CCc1cn(CCOC)c(N2CCCC(CNC)C2)n1. The third kappa shape index (κ3) is 3.73. The van der Waals surface area contributed by atoms with E-state index in [1.54, 1.807) is 7.11 Å². The molecule has 114 valence electrons. The van der Waals surface area contributed by atoms with Gasteiger partial charge in [0.1, 0.15) is 0 Å². The second-order valence-electron chi connectivity index (χ2n) is 5.58. The van der Waals surface area contributed by atoms with Crippen LogP contribution in [0.15, 0.2) is 6.20 Å². The largest absolute Gasteiger partial charge is 0.383 e. The van der Waals surface area contributed by atoms with E-state index >= 15 is 0 Å². The Morgan fingerprint density at radius 1 is 1.50 bits per heavy atom. The van der Waals surface area contributed by atoms with Crippen LogP contribution in [-0.2, 0) is 17.7 Å². The first-order valence-corrected chi connectivity index (χ1v) is 7.73. The van der Waals surface area contributed by atoms with E-state index in [0.29, 0.717) is 0 Å². The normalized spacial score (nSPS) is 19.6. The fourth-order valence-corrected chi connectivity index (χ4v) is 2.94. The Morgan fingerprint density at radius 3 is 3.05 bits per heavy atom. The first-order chi connectivity index (χ1) is 9.78. The van der Waals surface area contributed by atoms with E-state index in [4.69, 9.17) is 9.72 Å². The minimum atomic E-state index is 0.728. The molecule has 1 aromatic rings. The lowest BCUT2D eigenvalue weighted by Crippen LogP contribution is -2.40. The number of aryl methyl sites for hydroxylation is 1. The number of nitrogens with one attached hydrogen (secondary N) is 1. The van der Waals surface area contributed by atoms with Crippen LogP contribution in [0.2, 0.25) is 0 Å². The van der Waals surface area contributed by atoms with E-state index in [1.165, 1.54) is 18.5 Å². The molecule has 20 heavy (non-hydrogen) atoms. The second kappa shape index (κ2) is 7.64. The molecule has 1 aliphatic rings. The van der Waals surface area contributed by atoms with Gasteiger partial charge in [0.2, 0.25) is 5.95 Å². The number of anilines is 1. The summed E-state index contributed by atoms with van der Waals surface area (Å²) < 4.78 is 7.47. The van der Waals surface area contributed by atoms with Crippen molar-refractivity contribution < 1.29 is 4.74 Å². The summed E-state index contributed by atoms with van der Waals surface area (Å²) in [4.78, 5) is 7.26. The van der Waals surface area contributed by atoms with Gasteiger partial charge in [-0.25, -0.2) is 4.98 Å². The molecule has 2 heterocycles. The molecule has 1 unspecified atom stereocenters. The predicted molar refractivity (Wildman–Crippen MR) is 82.3 cm³/mol. The zero-order chi connectivity index (χ0) is 14.4. The molecule has 0 aromatic carbocycles. The van der Waals surface area contributed by atoms with Crippen molar-refractivity contribution in [2.75, 3.05) is 45.3 Å². The van der Waals surface area contributed by atoms with Gasteiger partial charge in [-0.1, -0.05) is 6.92 Å². The molecule has 0 radical (unpaired) electrons. The molecule has 1 saturated heterocycles. The number of ether oxygens (including phenoxy) is 1. The number of imidazole rings is 1. The predicted octanol–water partition coefficient (Wildman–Crippen LogP) is 1.53. The summed E-state index contributed by atoms with van der Waals surface area (Å²) in [5, 5.41) is 3.30. The molecule has 5 nitrogen and oxygen atoms in total. The molecule has 5 heteroatoms. The minimum Gasteiger partial charge on any atom is -0.383 e. The average Bonchev–Trinajstić information content (AvgIpc) is 2.89. The highest BCUT2D eigenvalue weighted by atomic mass is 16.5. The van der Waals surface area contributed by atoms with E-state index in [1.807, 2.05) is 7.05 Å². The van der Waals surface area contributed by atoms with Gasteiger partial charge in [0.15, 0.2) is 0 Å². The van der Waals surface area contributed by atoms with Gasteiger partial charge in [-0.05, 0) is 38.8 Å². The lowest BCUT2D eigenvalue weighted by Gasteiger charge is -2.33. The third-order valence-electron chi connectivity index (χ3n) is 4.00. The molecule has 1 atom stereocenters.